The molecule has 3 aromatic rings. The van der Waals surface area contributed by atoms with Crippen molar-refractivity contribution in [2.45, 2.75) is 31.1 Å². The summed E-state index contributed by atoms with van der Waals surface area (Å²) in [6.07, 6.45) is 4.35. The van der Waals surface area contributed by atoms with Crippen LogP contribution in [0.4, 0.5) is 4.79 Å². The minimum absolute atomic E-state index is 0.150. The van der Waals surface area contributed by atoms with Crippen LogP contribution in [0, 0.1) is 0 Å². The number of alkyl carbamates (subject to hydrolysis) is 1. The first kappa shape index (κ1) is 19.6. The lowest BCUT2D eigenvalue weighted by molar-refractivity contribution is 0.0191. The maximum Gasteiger partial charge on any atom is 0.407 e. The van der Waals surface area contributed by atoms with Crippen molar-refractivity contribution in [3.8, 4) is 10.4 Å². The monoisotopic (exact) mass is 414 g/mol. The zero-order valence-electron chi connectivity index (χ0n) is 15.7. The molecular weight excluding hydrogens is 392 g/mol. The third kappa shape index (κ3) is 5.00. The largest absolute Gasteiger partial charge is 0.442 e. The number of carbonyl (C=O) groups is 1. The van der Waals surface area contributed by atoms with Crippen LogP contribution in [0.2, 0.25) is 0 Å². The van der Waals surface area contributed by atoms with Crippen molar-refractivity contribution in [3.05, 3.63) is 59.6 Å². The molecule has 1 amide bonds. The maximum atomic E-state index is 12.1. The number of amides is 1. The number of hydrogen-bond donors (Lipinski definition) is 3. The highest BCUT2D eigenvalue weighted by atomic mass is 32.1. The number of thiazole rings is 1. The summed E-state index contributed by atoms with van der Waals surface area (Å²) in [6.45, 7) is 0.794. The van der Waals surface area contributed by atoms with E-state index in [2.05, 4.69) is 45.0 Å². The fourth-order valence-electron chi connectivity index (χ4n) is 3.36. The first-order chi connectivity index (χ1) is 14.2. The van der Waals surface area contributed by atoms with Crippen LogP contribution in [-0.4, -0.2) is 52.7 Å². The van der Waals surface area contributed by atoms with Crippen LogP contribution in [0.25, 0.3) is 10.4 Å². The summed E-state index contributed by atoms with van der Waals surface area (Å²) in [4.78, 5) is 17.4. The van der Waals surface area contributed by atoms with Crippen LogP contribution in [0.1, 0.15) is 11.1 Å². The number of aliphatic hydroxyl groups is 1. The highest BCUT2D eigenvalue weighted by Crippen LogP contribution is 2.24. The van der Waals surface area contributed by atoms with Gasteiger partial charge in [0.2, 0.25) is 0 Å². The molecule has 3 N–H and O–H groups in total. The molecule has 1 aromatic carbocycles. The number of benzene rings is 1. The number of carbonyl (C=O) groups excluding carboxylic acids is 1. The molecule has 4 rings (SSSR count). The van der Waals surface area contributed by atoms with Crippen molar-refractivity contribution in [2.75, 3.05) is 13.1 Å². The molecule has 1 aliphatic heterocycles. The standard InChI is InChI=1S/C20H22N4O4S/c25-17-9-23-16(7-13-1-3-15(4-2-13)18-10-21-12-29-18)19(17)28-20(26)22-6-5-14-8-24-27-11-14/h1-4,8,10-12,16-17,19,23,25H,5-7,9H2,(H,22,26)/t16-,17+,19+/m1/s1. The van der Waals surface area contributed by atoms with Crippen LogP contribution >= 0.6 is 11.3 Å². The summed E-state index contributed by atoms with van der Waals surface area (Å²) >= 11 is 1.60. The van der Waals surface area contributed by atoms with Crippen LogP contribution in [0.3, 0.4) is 0 Å². The minimum Gasteiger partial charge on any atom is -0.442 e. The average molecular weight is 414 g/mol. The molecule has 1 aliphatic rings. The van der Waals surface area contributed by atoms with Crippen LogP contribution in [0.15, 0.2) is 53.0 Å². The number of nitrogens with zero attached hydrogens (tertiary/aromatic N) is 2. The number of aliphatic hydroxyl groups excluding tert-OH is 1. The maximum absolute atomic E-state index is 12.1. The zero-order valence-corrected chi connectivity index (χ0v) is 16.5. The van der Waals surface area contributed by atoms with Gasteiger partial charge in [0.1, 0.15) is 18.5 Å². The highest BCUT2D eigenvalue weighted by molar-refractivity contribution is 7.13. The van der Waals surface area contributed by atoms with Crippen LogP contribution in [-0.2, 0) is 17.6 Å². The Balaban J connectivity index is 1.30. The van der Waals surface area contributed by atoms with Gasteiger partial charge >= 0.3 is 6.09 Å². The van der Waals surface area contributed by atoms with Crippen LogP contribution in [0.5, 0.6) is 0 Å². The summed E-state index contributed by atoms with van der Waals surface area (Å²) in [5.41, 5.74) is 4.93. The van der Waals surface area contributed by atoms with Crippen LogP contribution < -0.4 is 10.6 Å². The molecule has 0 radical (unpaired) electrons. The van der Waals surface area contributed by atoms with E-state index in [1.165, 1.54) is 6.26 Å². The van der Waals surface area contributed by atoms with Crippen molar-refractivity contribution in [1.82, 2.24) is 20.8 Å². The smallest absolute Gasteiger partial charge is 0.407 e. The minimum atomic E-state index is -0.736. The molecular formula is C20H22N4O4S. The molecule has 0 aliphatic carbocycles. The Hall–Kier alpha value is -2.75. The van der Waals surface area contributed by atoms with E-state index in [9.17, 15) is 9.90 Å². The fraction of sp³-hybridized carbons (Fsp3) is 0.350. The van der Waals surface area contributed by atoms with E-state index in [1.54, 1.807) is 17.5 Å². The molecule has 0 saturated carbocycles. The van der Waals surface area contributed by atoms with E-state index in [0.717, 1.165) is 21.6 Å². The molecule has 29 heavy (non-hydrogen) atoms. The molecule has 1 saturated heterocycles. The number of hydrogen-bond acceptors (Lipinski definition) is 8. The highest BCUT2D eigenvalue weighted by Gasteiger charge is 2.37. The quantitative estimate of drug-likeness (QED) is 0.542. The van der Waals surface area contributed by atoms with Gasteiger partial charge in [-0.25, -0.2) is 4.79 Å². The number of ether oxygens (including phenoxy) is 1. The van der Waals surface area contributed by atoms with E-state index in [0.29, 0.717) is 25.9 Å². The summed E-state index contributed by atoms with van der Waals surface area (Å²) < 4.78 is 10.3. The second kappa shape index (κ2) is 9.17. The molecule has 8 nitrogen and oxygen atoms in total. The topological polar surface area (TPSA) is 110 Å². The van der Waals surface area contributed by atoms with Gasteiger partial charge in [-0.3, -0.25) is 4.98 Å². The van der Waals surface area contributed by atoms with E-state index in [-0.39, 0.29) is 6.04 Å². The van der Waals surface area contributed by atoms with E-state index < -0.39 is 18.3 Å². The van der Waals surface area contributed by atoms with E-state index in [4.69, 9.17) is 9.26 Å². The van der Waals surface area contributed by atoms with Gasteiger partial charge in [-0.15, -0.1) is 11.3 Å². The second-order valence-electron chi connectivity index (χ2n) is 6.93. The van der Waals surface area contributed by atoms with E-state index in [1.807, 2.05) is 11.7 Å². The second-order valence-corrected chi connectivity index (χ2v) is 7.81. The van der Waals surface area contributed by atoms with Gasteiger partial charge in [-0.2, -0.15) is 0 Å². The molecule has 2 aromatic heterocycles. The molecule has 3 atom stereocenters. The van der Waals surface area contributed by atoms with Gasteiger partial charge in [0, 0.05) is 24.8 Å². The molecule has 9 heteroatoms. The Morgan fingerprint density at radius 3 is 2.90 bits per heavy atom. The lowest BCUT2D eigenvalue weighted by Gasteiger charge is -2.22. The van der Waals surface area contributed by atoms with E-state index >= 15 is 0 Å². The third-order valence-corrected chi connectivity index (χ3v) is 5.72. The molecule has 1 fully saturated rings. The normalized spacial score (nSPS) is 21.2. The van der Waals surface area contributed by atoms with Gasteiger partial charge in [-0.05, 0) is 24.0 Å². The first-order valence-electron chi connectivity index (χ1n) is 9.41. The van der Waals surface area contributed by atoms with Crippen molar-refractivity contribution in [2.24, 2.45) is 0 Å². The molecule has 0 unspecified atom stereocenters. The lowest BCUT2D eigenvalue weighted by atomic mass is 10.0. The Morgan fingerprint density at radius 1 is 1.31 bits per heavy atom. The Morgan fingerprint density at radius 2 is 2.17 bits per heavy atom. The van der Waals surface area contributed by atoms with Gasteiger partial charge in [0.25, 0.3) is 0 Å². The van der Waals surface area contributed by atoms with Crippen molar-refractivity contribution < 1.29 is 19.2 Å². The molecule has 0 spiro atoms. The molecule has 3 heterocycles. The van der Waals surface area contributed by atoms with Crippen molar-refractivity contribution in [1.29, 1.82) is 0 Å². The number of β-amino-alcohol motifs (C(OH)–C–C–N with tert-alkyl or cyclic N) is 1. The average Bonchev–Trinajstić information content (AvgIpc) is 3.48. The first-order valence-corrected chi connectivity index (χ1v) is 10.3. The van der Waals surface area contributed by atoms with Gasteiger partial charge in [0.05, 0.1) is 22.6 Å². The number of aromatic nitrogens is 2. The predicted octanol–water partition coefficient (Wildman–Crippen LogP) is 2.01. The summed E-state index contributed by atoms with van der Waals surface area (Å²) in [5, 5.41) is 19.8. The summed E-state index contributed by atoms with van der Waals surface area (Å²) in [7, 11) is 0. The predicted molar refractivity (Wildman–Crippen MR) is 108 cm³/mol. The zero-order chi connectivity index (χ0) is 20.1. The van der Waals surface area contributed by atoms with Gasteiger partial charge in [-0.1, -0.05) is 29.4 Å². The Bertz CT molecular complexity index is 899. The summed E-state index contributed by atoms with van der Waals surface area (Å²) in [6, 6.07) is 8.07. The van der Waals surface area contributed by atoms with Gasteiger partial charge < -0.3 is 25.0 Å². The number of rotatable bonds is 7. The van der Waals surface area contributed by atoms with Crippen molar-refractivity contribution >= 4 is 17.4 Å². The third-order valence-electron chi connectivity index (χ3n) is 4.90. The molecule has 152 valence electrons. The van der Waals surface area contributed by atoms with Gasteiger partial charge in [0.15, 0.2) is 0 Å². The molecule has 0 bridgehead atoms. The fourth-order valence-corrected chi connectivity index (χ4v) is 3.99. The van der Waals surface area contributed by atoms with Crippen molar-refractivity contribution in [3.63, 3.8) is 0 Å². The Labute approximate surface area is 171 Å². The Kier molecular flexibility index (Phi) is 6.18. The summed E-state index contributed by atoms with van der Waals surface area (Å²) in [5.74, 6) is 0. The lowest BCUT2D eigenvalue weighted by Crippen LogP contribution is -2.41. The number of nitrogens with one attached hydrogen (secondary N) is 2. The SMILES string of the molecule is O=C(NCCc1cnoc1)O[C@@H]1[C@@H](O)CN[C@@H]1Cc1ccc(-c2cncs2)cc1.